The van der Waals surface area contributed by atoms with E-state index in [9.17, 15) is 4.79 Å². The van der Waals surface area contributed by atoms with Crippen molar-refractivity contribution in [2.45, 2.75) is 25.4 Å². The second-order valence-corrected chi connectivity index (χ2v) is 2.38. The van der Waals surface area contributed by atoms with Crippen molar-refractivity contribution in [2.75, 3.05) is 0 Å². The van der Waals surface area contributed by atoms with E-state index in [-0.39, 0.29) is 11.6 Å². The molecule has 2 N–H and O–H groups in total. The Balaban J connectivity index is 2.13. The molecule has 0 radical (unpaired) electrons. The van der Waals surface area contributed by atoms with Crippen molar-refractivity contribution < 1.29 is 4.79 Å². The van der Waals surface area contributed by atoms with Crippen LogP contribution < -0.4 is 5.73 Å². The van der Waals surface area contributed by atoms with E-state index < -0.39 is 0 Å². The van der Waals surface area contributed by atoms with Crippen molar-refractivity contribution in [2.24, 2.45) is 16.0 Å². The van der Waals surface area contributed by atoms with E-state index in [2.05, 4.69) is 10.2 Å². The molecule has 50 valence electrons. The SMILES string of the molecule is CC1(CCC(N)=O)N=N1. The molecule has 0 saturated heterocycles. The van der Waals surface area contributed by atoms with Gasteiger partial charge in [-0.05, 0) is 6.92 Å². The molecule has 1 aliphatic heterocycles. The standard InChI is InChI=1S/C5H9N3O/c1-5(7-8-5)3-2-4(6)9/h2-3H2,1H3,(H2,6,9). The first-order valence-electron chi connectivity index (χ1n) is 2.85. The molecule has 1 rings (SSSR count). The zero-order chi connectivity index (χ0) is 6.91. The van der Waals surface area contributed by atoms with Crippen LogP contribution in [0.15, 0.2) is 10.2 Å². The van der Waals surface area contributed by atoms with E-state index >= 15 is 0 Å². The maximum absolute atomic E-state index is 10.2. The Bertz CT molecular complexity index is 158. The van der Waals surface area contributed by atoms with Crippen LogP contribution in [0.1, 0.15) is 19.8 Å². The van der Waals surface area contributed by atoms with E-state index in [1.54, 1.807) is 0 Å². The number of nitrogens with two attached hydrogens (primary N) is 1. The van der Waals surface area contributed by atoms with Gasteiger partial charge in [-0.25, -0.2) is 0 Å². The second-order valence-electron chi connectivity index (χ2n) is 2.38. The van der Waals surface area contributed by atoms with Crippen molar-refractivity contribution in [1.29, 1.82) is 0 Å². The fourth-order valence-electron chi connectivity index (χ4n) is 0.545. The lowest BCUT2D eigenvalue weighted by molar-refractivity contribution is -0.118. The van der Waals surface area contributed by atoms with Gasteiger partial charge in [0.2, 0.25) is 5.91 Å². The van der Waals surface area contributed by atoms with Crippen molar-refractivity contribution in [3.05, 3.63) is 0 Å². The third kappa shape index (κ3) is 1.79. The molecule has 9 heavy (non-hydrogen) atoms. The topological polar surface area (TPSA) is 67.8 Å². The molecule has 0 aromatic carbocycles. The highest BCUT2D eigenvalue weighted by Gasteiger charge is 2.33. The molecule has 1 amide bonds. The second kappa shape index (κ2) is 1.79. The molecule has 0 aromatic rings. The Morgan fingerprint density at radius 3 is 2.56 bits per heavy atom. The summed E-state index contributed by atoms with van der Waals surface area (Å²) in [5.41, 5.74) is 4.64. The molecule has 0 spiro atoms. The summed E-state index contributed by atoms with van der Waals surface area (Å²) in [4.78, 5) is 10.2. The van der Waals surface area contributed by atoms with Crippen LogP contribution in [0.4, 0.5) is 0 Å². The van der Waals surface area contributed by atoms with Crippen molar-refractivity contribution in [3.63, 3.8) is 0 Å². The van der Waals surface area contributed by atoms with Crippen LogP contribution in [-0.4, -0.2) is 11.6 Å². The van der Waals surface area contributed by atoms with Gasteiger partial charge in [0.15, 0.2) is 5.66 Å². The quantitative estimate of drug-likeness (QED) is 0.587. The van der Waals surface area contributed by atoms with Crippen LogP contribution in [0, 0.1) is 0 Å². The molecule has 0 atom stereocenters. The van der Waals surface area contributed by atoms with E-state index in [1.807, 2.05) is 6.92 Å². The fourth-order valence-corrected chi connectivity index (χ4v) is 0.545. The summed E-state index contributed by atoms with van der Waals surface area (Å²) < 4.78 is 0. The number of primary amides is 1. The predicted molar refractivity (Wildman–Crippen MR) is 31.7 cm³/mol. The van der Waals surface area contributed by atoms with Gasteiger partial charge in [-0.3, -0.25) is 4.79 Å². The average molecular weight is 127 g/mol. The fraction of sp³-hybridized carbons (Fsp3) is 0.800. The van der Waals surface area contributed by atoms with E-state index in [1.165, 1.54) is 0 Å². The number of rotatable bonds is 3. The zero-order valence-electron chi connectivity index (χ0n) is 5.29. The molecular formula is C5H9N3O. The molecular weight excluding hydrogens is 118 g/mol. The van der Waals surface area contributed by atoms with E-state index in [4.69, 9.17) is 5.73 Å². The molecule has 0 aliphatic carbocycles. The summed E-state index contributed by atoms with van der Waals surface area (Å²) in [7, 11) is 0. The lowest BCUT2D eigenvalue weighted by Crippen LogP contribution is -2.14. The van der Waals surface area contributed by atoms with E-state index in [0.29, 0.717) is 12.8 Å². The van der Waals surface area contributed by atoms with Gasteiger partial charge in [0, 0.05) is 12.8 Å². The lowest BCUT2D eigenvalue weighted by Gasteiger charge is -1.97. The number of carbonyl (C=O) groups excluding carboxylic acids is 1. The predicted octanol–water partition coefficient (Wildman–Crippen LogP) is 0.434. The Morgan fingerprint density at radius 2 is 2.22 bits per heavy atom. The minimum absolute atomic E-state index is 0.269. The molecule has 0 aromatic heterocycles. The minimum Gasteiger partial charge on any atom is -0.370 e. The average Bonchev–Trinajstić information content (AvgIpc) is 2.45. The Labute approximate surface area is 53.1 Å². The summed E-state index contributed by atoms with van der Waals surface area (Å²) in [5, 5.41) is 7.45. The molecule has 4 nitrogen and oxygen atoms in total. The molecule has 0 fully saturated rings. The summed E-state index contributed by atoms with van der Waals surface area (Å²) in [6.45, 7) is 1.87. The minimum atomic E-state index is -0.284. The van der Waals surface area contributed by atoms with E-state index in [0.717, 1.165) is 0 Å². The number of nitrogens with zero attached hydrogens (tertiary/aromatic N) is 2. The van der Waals surface area contributed by atoms with Gasteiger partial charge in [-0.15, -0.1) is 0 Å². The largest absolute Gasteiger partial charge is 0.370 e. The van der Waals surface area contributed by atoms with Crippen LogP contribution in [0.25, 0.3) is 0 Å². The van der Waals surface area contributed by atoms with Gasteiger partial charge in [0.1, 0.15) is 0 Å². The van der Waals surface area contributed by atoms with Crippen LogP contribution in [0.5, 0.6) is 0 Å². The first-order chi connectivity index (χ1) is 4.12. The third-order valence-corrected chi connectivity index (χ3v) is 1.29. The number of hydrogen-bond acceptors (Lipinski definition) is 3. The molecule has 0 saturated carbocycles. The molecule has 1 aliphatic rings. The monoisotopic (exact) mass is 127 g/mol. The summed E-state index contributed by atoms with van der Waals surface area (Å²) >= 11 is 0. The van der Waals surface area contributed by atoms with Gasteiger partial charge in [0.05, 0.1) is 0 Å². The lowest BCUT2D eigenvalue weighted by atomic mass is 10.1. The molecule has 1 heterocycles. The Hall–Kier alpha value is -0.930. The van der Waals surface area contributed by atoms with Crippen molar-refractivity contribution in [3.8, 4) is 0 Å². The highest BCUT2D eigenvalue weighted by atomic mass is 16.1. The van der Waals surface area contributed by atoms with Crippen molar-refractivity contribution >= 4 is 5.91 Å². The maximum atomic E-state index is 10.2. The number of carbonyl (C=O) groups is 1. The number of hydrogen-bond donors (Lipinski definition) is 1. The first-order valence-corrected chi connectivity index (χ1v) is 2.85. The van der Waals surface area contributed by atoms with Gasteiger partial charge < -0.3 is 5.73 Å². The number of amides is 1. The van der Waals surface area contributed by atoms with Gasteiger partial charge in [-0.2, -0.15) is 10.2 Å². The van der Waals surface area contributed by atoms with Crippen LogP contribution in [0.2, 0.25) is 0 Å². The van der Waals surface area contributed by atoms with Crippen molar-refractivity contribution in [1.82, 2.24) is 0 Å². The Morgan fingerprint density at radius 1 is 1.67 bits per heavy atom. The summed E-state index contributed by atoms with van der Waals surface area (Å²) in [5.74, 6) is -0.284. The molecule has 0 unspecified atom stereocenters. The molecule has 0 bridgehead atoms. The maximum Gasteiger partial charge on any atom is 0.217 e. The highest BCUT2D eigenvalue weighted by Crippen LogP contribution is 2.31. The van der Waals surface area contributed by atoms with Gasteiger partial charge >= 0.3 is 0 Å². The summed E-state index contributed by atoms with van der Waals surface area (Å²) in [6, 6.07) is 0. The highest BCUT2D eigenvalue weighted by molar-refractivity contribution is 5.73. The third-order valence-electron chi connectivity index (χ3n) is 1.29. The van der Waals surface area contributed by atoms with Crippen LogP contribution >= 0.6 is 0 Å². The first kappa shape index (κ1) is 6.19. The smallest absolute Gasteiger partial charge is 0.217 e. The van der Waals surface area contributed by atoms with Gasteiger partial charge in [-0.1, -0.05) is 0 Å². The normalized spacial score (nSPS) is 19.7. The van der Waals surface area contributed by atoms with Crippen LogP contribution in [0.3, 0.4) is 0 Å². The Kier molecular flexibility index (Phi) is 1.23. The summed E-state index contributed by atoms with van der Waals surface area (Å²) in [6.07, 6.45) is 1.03. The van der Waals surface area contributed by atoms with Gasteiger partial charge in [0.25, 0.3) is 0 Å². The van der Waals surface area contributed by atoms with Crippen LogP contribution in [-0.2, 0) is 4.79 Å². The molecule has 4 heteroatoms. The zero-order valence-corrected chi connectivity index (χ0v) is 5.29.